The van der Waals surface area contributed by atoms with E-state index < -0.39 is 0 Å². The van der Waals surface area contributed by atoms with Crippen LogP contribution in [0.4, 0.5) is 0 Å². The van der Waals surface area contributed by atoms with Gasteiger partial charge in [-0.2, -0.15) is 4.98 Å². The quantitative estimate of drug-likeness (QED) is 0.324. The summed E-state index contributed by atoms with van der Waals surface area (Å²) in [6.45, 7) is 2.51. The number of hydrogen-bond acceptors (Lipinski definition) is 8. The molecule has 0 spiro atoms. The topological polar surface area (TPSA) is 103 Å². The van der Waals surface area contributed by atoms with Crippen LogP contribution < -0.4 is 15.0 Å². The van der Waals surface area contributed by atoms with Gasteiger partial charge in [0.15, 0.2) is 5.16 Å². The summed E-state index contributed by atoms with van der Waals surface area (Å²) in [5.74, 6) is 2.76. The van der Waals surface area contributed by atoms with Gasteiger partial charge in [0.25, 0.3) is 5.56 Å². The van der Waals surface area contributed by atoms with Crippen LogP contribution in [0.2, 0.25) is 0 Å². The first kappa shape index (κ1) is 20.7. The summed E-state index contributed by atoms with van der Waals surface area (Å²) < 4.78 is 16.0. The molecule has 0 unspecified atom stereocenters. The first-order chi connectivity index (χ1) is 15.1. The zero-order valence-corrected chi connectivity index (χ0v) is 17.8. The Hall–Kier alpha value is -3.59. The number of aromatic nitrogens is 4. The molecule has 0 saturated carbocycles. The second-order valence-corrected chi connectivity index (χ2v) is 7.39. The Morgan fingerprint density at radius 3 is 2.65 bits per heavy atom. The van der Waals surface area contributed by atoms with Gasteiger partial charge in [0.2, 0.25) is 11.7 Å². The molecule has 158 valence electrons. The predicted molar refractivity (Wildman–Crippen MR) is 117 cm³/mol. The van der Waals surface area contributed by atoms with E-state index in [2.05, 4.69) is 20.1 Å². The molecule has 2 heterocycles. The smallest absolute Gasteiger partial charge is 0.252 e. The van der Waals surface area contributed by atoms with Crippen molar-refractivity contribution in [2.24, 2.45) is 0 Å². The number of H-pyrrole nitrogens is 1. The summed E-state index contributed by atoms with van der Waals surface area (Å²) >= 11 is 1.31. The highest BCUT2D eigenvalue weighted by atomic mass is 32.2. The highest BCUT2D eigenvalue weighted by Gasteiger charge is 2.12. The molecular formula is C22H20N4O4S. The van der Waals surface area contributed by atoms with Crippen molar-refractivity contribution in [1.29, 1.82) is 0 Å². The number of ether oxygens (including phenoxy) is 2. The van der Waals surface area contributed by atoms with Gasteiger partial charge in [-0.15, -0.1) is 0 Å². The summed E-state index contributed by atoms with van der Waals surface area (Å²) in [6.07, 6.45) is 0. The van der Waals surface area contributed by atoms with E-state index in [1.165, 1.54) is 17.8 Å². The van der Waals surface area contributed by atoms with Crippen molar-refractivity contribution in [3.05, 3.63) is 70.8 Å². The SMILES string of the molecule is CCOc1cccc(-c2noc(CSc3nc(-c4ccc(OC)cc4)cc(=O)[nH]3)n2)c1. The lowest BCUT2D eigenvalue weighted by molar-refractivity contribution is 0.340. The average molecular weight is 436 g/mol. The maximum Gasteiger partial charge on any atom is 0.252 e. The molecule has 0 atom stereocenters. The number of nitrogens with zero attached hydrogens (tertiary/aromatic N) is 3. The number of thioether (sulfide) groups is 1. The summed E-state index contributed by atoms with van der Waals surface area (Å²) in [7, 11) is 1.61. The summed E-state index contributed by atoms with van der Waals surface area (Å²) in [5.41, 5.74) is 1.97. The lowest BCUT2D eigenvalue weighted by atomic mass is 10.1. The molecule has 0 aliphatic rings. The Bertz CT molecular complexity index is 1220. The van der Waals surface area contributed by atoms with E-state index in [-0.39, 0.29) is 5.56 Å². The molecule has 8 nitrogen and oxygen atoms in total. The van der Waals surface area contributed by atoms with E-state index >= 15 is 0 Å². The van der Waals surface area contributed by atoms with Crippen molar-refractivity contribution in [3.8, 4) is 34.1 Å². The molecule has 0 aliphatic carbocycles. The highest BCUT2D eigenvalue weighted by molar-refractivity contribution is 7.98. The first-order valence-electron chi connectivity index (χ1n) is 9.59. The van der Waals surface area contributed by atoms with Crippen molar-refractivity contribution in [2.75, 3.05) is 13.7 Å². The number of nitrogens with one attached hydrogen (secondary N) is 1. The number of benzene rings is 2. The lowest BCUT2D eigenvalue weighted by Crippen LogP contribution is -2.08. The third-order valence-corrected chi connectivity index (χ3v) is 5.17. The van der Waals surface area contributed by atoms with Gasteiger partial charge in [-0.05, 0) is 43.3 Å². The number of aromatic amines is 1. The minimum absolute atomic E-state index is 0.234. The van der Waals surface area contributed by atoms with Crippen molar-refractivity contribution in [2.45, 2.75) is 17.8 Å². The van der Waals surface area contributed by atoms with Crippen LogP contribution in [-0.2, 0) is 5.75 Å². The molecule has 0 aliphatic heterocycles. The summed E-state index contributed by atoms with van der Waals surface area (Å²) in [6, 6.07) is 16.3. The van der Waals surface area contributed by atoms with E-state index in [4.69, 9.17) is 14.0 Å². The predicted octanol–water partition coefficient (Wildman–Crippen LogP) is 4.19. The van der Waals surface area contributed by atoms with Gasteiger partial charge in [0.05, 0.1) is 25.2 Å². The van der Waals surface area contributed by atoms with Crippen LogP contribution in [0.3, 0.4) is 0 Å². The van der Waals surface area contributed by atoms with E-state index in [0.717, 1.165) is 22.6 Å². The average Bonchev–Trinajstić information content (AvgIpc) is 3.27. The van der Waals surface area contributed by atoms with Crippen LogP contribution in [0.5, 0.6) is 11.5 Å². The standard InChI is InChI=1S/C22H20N4O4S/c1-3-29-17-6-4-5-15(11-17)21-25-20(30-26-21)13-31-22-23-18(12-19(27)24-22)14-7-9-16(28-2)10-8-14/h4-12H,3,13H2,1-2H3,(H,23,24,27). The van der Waals surface area contributed by atoms with E-state index in [0.29, 0.717) is 34.9 Å². The van der Waals surface area contributed by atoms with Crippen molar-refractivity contribution >= 4 is 11.8 Å². The lowest BCUT2D eigenvalue weighted by Gasteiger charge is -2.05. The van der Waals surface area contributed by atoms with Gasteiger partial charge >= 0.3 is 0 Å². The van der Waals surface area contributed by atoms with Crippen molar-refractivity contribution in [1.82, 2.24) is 20.1 Å². The second kappa shape index (κ2) is 9.48. The molecule has 31 heavy (non-hydrogen) atoms. The maximum absolute atomic E-state index is 12.1. The normalized spacial score (nSPS) is 10.8. The molecule has 0 radical (unpaired) electrons. The van der Waals surface area contributed by atoms with Crippen LogP contribution >= 0.6 is 11.8 Å². The fraction of sp³-hybridized carbons (Fsp3) is 0.182. The fourth-order valence-electron chi connectivity index (χ4n) is 2.87. The highest BCUT2D eigenvalue weighted by Crippen LogP contribution is 2.25. The second-order valence-electron chi connectivity index (χ2n) is 6.43. The molecule has 9 heteroatoms. The molecule has 2 aromatic carbocycles. The molecule has 0 amide bonds. The van der Waals surface area contributed by atoms with Gasteiger partial charge in [-0.1, -0.05) is 29.1 Å². The molecule has 4 rings (SSSR count). The van der Waals surface area contributed by atoms with Gasteiger partial charge in [-0.25, -0.2) is 4.98 Å². The number of rotatable bonds is 8. The zero-order chi connectivity index (χ0) is 21.6. The Balaban J connectivity index is 1.48. The molecule has 4 aromatic rings. The molecule has 2 aromatic heterocycles. The summed E-state index contributed by atoms with van der Waals surface area (Å²) in [5, 5.41) is 4.51. The van der Waals surface area contributed by atoms with E-state index in [1.54, 1.807) is 7.11 Å². The number of methoxy groups -OCH3 is 1. The fourth-order valence-corrected chi connectivity index (χ4v) is 3.58. The monoisotopic (exact) mass is 436 g/mol. The molecule has 1 N–H and O–H groups in total. The largest absolute Gasteiger partial charge is 0.497 e. The molecular weight excluding hydrogens is 416 g/mol. The van der Waals surface area contributed by atoms with E-state index in [9.17, 15) is 4.79 Å². The van der Waals surface area contributed by atoms with Crippen molar-refractivity contribution in [3.63, 3.8) is 0 Å². The Kier molecular flexibility index (Phi) is 6.32. The Morgan fingerprint density at radius 1 is 1.03 bits per heavy atom. The van der Waals surface area contributed by atoms with Crippen LogP contribution in [0.1, 0.15) is 12.8 Å². The zero-order valence-electron chi connectivity index (χ0n) is 17.0. The van der Waals surface area contributed by atoms with Crippen LogP contribution in [-0.4, -0.2) is 33.8 Å². The Morgan fingerprint density at radius 2 is 1.87 bits per heavy atom. The van der Waals surface area contributed by atoms with Gasteiger partial charge in [0, 0.05) is 17.2 Å². The van der Waals surface area contributed by atoms with Gasteiger partial charge in [0.1, 0.15) is 11.5 Å². The summed E-state index contributed by atoms with van der Waals surface area (Å²) in [4.78, 5) is 23.8. The molecule has 0 fully saturated rings. The minimum atomic E-state index is -0.234. The Labute approximate surface area is 182 Å². The van der Waals surface area contributed by atoms with Crippen LogP contribution in [0, 0.1) is 0 Å². The maximum atomic E-state index is 12.1. The third kappa shape index (κ3) is 5.13. The third-order valence-electron chi connectivity index (χ3n) is 4.31. The van der Waals surface area contributed by atoms with E-state index in [1.807, 2.05) is 55.5 Å². The molecule has 0 saturated heterocycles. The minimum Gasteiger partial charge on any atom is -0.497 e. The van der Waals surface area contributed by atoms with Crippen LogP contribution in [0.15, 0.2) is 69.1 Å². The van der Waals surface area contributed by atoms with Gasteiger partial charge < -0.3 is 19.0 Å². The van der Waals surface area contributed by atoms with Crippen LogP contribution in [0.25, 0.3) is 22.6 Å². The first-order valence-corrected chi connectivity index (χ1v) is 10.6. The molecule has 0 bridgehead atoms. The van der Waals surface area contributed by atoms with Gasteiger partial charge in [-0.3, -0.25) is 4.79 Å². The number of hydrogen-bond donors (Lipinski definition) is 1. The van der Waals surface area contributed by atoms with Crippen molar-refractivity contribution < 1.29 is 14.0 Å².